The molecule has 19 heavy (non-hydrogen) atoms. The number of benzene rings is 1. The van der Waals surface area contributed by atoms with Crippen LogP contribution in [0.2, 0.25) is 0 Å². The molecule has 1 fully saturated rings. The molecule has 104 valence electrons. The third kappa shape index (κ3) is 3.50. The summed E-state index contributed by atoms with van der Waals surface area (Å²) in [5.74, 6) is -1.24. The predicted octanol–water partition coefficient (Wildman–Crippen LogP) is 1.74. The minimum atomic E-state index is -0.564. The number of rotatable bonds is 3. The number of nitrogens with zero attached hydrogens (tertiary/aromatic N) is 1. The van der Waals surface area contributed by atoms with Gasteiger partial charge in [0.05, 0.1) is 6.42 Å². The Morgan fingerprint density at radius 2 is 2.21 bits per heavy atom. The molecule has 1 N–H and O–H groups in total. The quantitative estimate of drug-likeness (QED) is 0.908. The normalized spacial score (nSPS) is 19.5. The maximum atomic E-state index is 13.5. The Morgan fingerprint density at radius 3 is 2.95 bits per heavy atom. The zero-order chi connectivity index (χ0) is 13.8. The largest absolute Gasteiger partial charge is 0.396 e. The lowest BCUT2D eigenvalue weighted by atomic mass is 9.98. The number of aliphatic hydroxyl groups is 1. The lowest BCUT2D eigenvalue weighted by Crippen LogP contribution is -2.41. The van der Waals surface area contributed by atoms with E-state index in [0.29, 0.717) is 13.1 Å². The van der Waals surface area contributed by atoms with Crippen LogP contribution in [0.25, 0.3) is 0 Å². The number of halogens is 2. The Labute approximate surface area is 110 Å². The second-order valence-electron chi connectivity index (χ2n) is 4.94. The van der Waals surface area contributed by atoms with Gasteiger partial charge in [-0.05, 0) is 37.0 Å². The number of piperidine rings is 1. The van der Waals surface area contributed by atoms with E-state index in [-0.39, 0.29) is 30.4 Å². The van der Waals surface area contributed by atoms with Crippen molar-refractivity contribution in [3.05, 3.63) is 35.4 Å². The molecular formula is C14H17F2NO2. The van der Waals surface area contributed by atoms with Crippen molar-refractivity contribution in [1.82, 2.24) is 4.90 Å². The fourth-order valence-electron chi connectivity index (χ4n) is 2.39. The van der Waals surface area contributed by atoms with E-state index >= 15 is 0 Å². The molecule has 1 heterocycles. The number of likely N-dealkylation sites (tertiary alicyclic amines) is 1. The zero-order valence-electron chi connectivity index (χ0n) is 10.6. The molecule has 0 bridgehead atoms. The Kier molecular flexibility index (Phi) is 4.47. The highest BCUT2D eigenvalue weighted by molar-refractivity contribution is 5.79. The Morgan fingerprint density at radius 1 is 1.42 bits per heavy atom. The van der Waals surface area contributed by atoms with Crippen LogP contribution in [0.15, 0.2) is 18.2 Å². The summed E-state index contributed by atoms with van der Waals surface area (Å²) in [5, 5.41) is 9.11. The number of amides is 1. The van der Waals surface area contributed by atoms with Crippen LogP contribution in [-0.4, -0.2) is 35.6 Å². The van der Waals surface area contributed by atoms with Crippen molar-refractivity contribution < 1.29 is 18.7 Å². The Balaban J connectivity index is 2.02. The van der Waals surface area contributed by atoms with E-state index in [1.807, 2.05) is 0 Å². The molecule has 0 aliphatic carbocycles. The third-order valence-corrected chi connectivity index (χ3v) is 3.48. The van der Waals surface area contributed by atoms with Crippen LogP contribution in [0.3, 0.4) is 0 Å². The van der Waals surface area contributed by atoms with Crippen molar-refractivity contribution in [3.8, 4) is 0 Å². The molecule has 1 aromatic rings. The second kappa shape index (κ2) is 6.10. The predicted molar refractivity (Wildman–Crippen MR) is 66.5 cm³/mol. The van der Waals surface area contributed by atoms with Gasteiger partial charge in [0.1, 0.15) is 11.6 Å². The van der Waals surface area contributed by atoms with Gasteiger partial charge in [0.25, 0.3) is 0 Å². The van der Waals surface area contributed by atoms with E-state index in [9.17, 15) is 13.6 Å². The lowest BCUT2D eigenvalue weighted by molar-refractivity contribution is -0.132. The third-order valence-electron chi connectivity index (χ3n) is 3.48. The fourth-order valence-corrected chi connectivity index (χ4v) is 2.39. The van der Waals surface area contributed by atoms with Crippen molar-refractivity contribution in [3.63, 3.8) is 0 Å². The molecular weight excluding hydrogens is 252 g/mol. The van der Waals surface area contributed by atoms with Crippen LogP contribution in [0.4, 0.5) is 8.78 Å². The summed E-state index contributed by atoms with van der Waals surface area (Å²) in [5.41, 5.74) is 0.0797. The van der Waals surface area contributed by atoms with Crippen LogP contribution in [0.1, 0.15) is 18.4 Å². The van der Waals surface area contributed by atoms with E-state index in [4.69, 9.17) is 5.11 Å². The van der Waals surface area contributed by atoms with Gasteiger partial charge < -0.3 is 10.0 Å². The highest BCUT2D eigenvalue weighted by Gasteiger charge is 2.23. The standard InChI is InChI=1S/C14H17F2NO2/c15-12-3-4-13(16)11(6-12)7-14(19)17-5-1-2-10(8-17)9-18/h3-4,6,10,18H,1-2,5,7-9H2. The number of aliphatic hydroxyl groups excluding tert-OH is 1. The number of hydrogen-bond donors (Lipinski definition) is 1. The van der Waals surface area contributed by atoms with Gasteiger partial charge in [0, 0.05) is 25.3 Å². The second-order valence-corrected chi connectivity index (χ2v) is 4.94. The van der Waals surface area contributed by atoms with Gasteiger partial charge in [-0.2, -0.15) is 0 Å². The molecule has 1 saturated heterocycles. The molecule has 0 radical (unpaired) electrons. The first-order valence-electron chi connectivity index (χ1n) is 6.42. The molecule has 1 atom stereocenters. The molecule has 1 aliphatic heterocycles. The molecule has 3 nitrogen and oxygen atoms in total. The summed E-state index contributed by atoms with van der Waals surface area (Å²) >= 11 is 0. The van der Waals surface area contributed by atoms with Crippen molar-refractivity contribution in [2.45, 2.75) is 19.3 Å². The van der Waals surface area contributed by atoms with Crippen molar-refractivity contribution >= 4 is 5.91 Å². The van der Waals surface area contributed by atoms with Crippen LogP contribution in [0, 0.1) is 17.6 Å². The molecule has 1 amide bonds. The molecule has 1 aromatic carbocycles. The highest BCUT2D eigenvalue weighted by Crippen LogP contribution is 2.18. The first kappa shape index (κ1) is 13.9. The molecule has 5 heteroatoms. The van der Waals surface area contributed by atoms with Crippen molar-refractivity contribution in [2.24, 2.45) is 5.92 Å². The fraction of sp³-hybridized carbons (Fsp3) is 0.500. The van der Waals surface area contributed by atoms with E-state index in [1.165, 1.54) is 0 Å². The van der Waals surface area contributed by atoms with E-state index in [1.54, 1.807) is 4.90 Å². The highest BCUT2D eigenvalue weighted by atomic mass is 19.1. The summed E-state index contributed by atoms with van der Waals surface area (Å²) in [6, 6.07) is 3.12. The van der Waals surface area contributed by atoms with Crippen LogP contribution < -0.4 is 0 Å². The summed E-state index contributed by atoms with van der Waals surface area (Å²) in [6.45, 7) is 1.16. The van der Waals surface area contributed by atoms with Crippen LogP contribution in [-0.2, 0) is 11.2 Å². The molecule has 0 spiro atoms. The summed E-state index contributed by atoms with van der Waals surface area (Å²) < 4.78 is 26.5. The zero-order valence-corrected chi connectivity index (χ0v) is 10.6. The molecule has 2 rings (SSSR count). The maximum Gasteiger partial charge on any atom is 0.227 e. The molecule has 1 aliphatic rings. The number of carbonyl (C=O) groups is 1. The van der Waals surface area contributed by atoms with Crippen LogP contribution >= 0.6 is 0 Å². The van der Waals surface area contributed by atoms with Gasteiger partial charge in [-0.3, -0.25) is 4.79 Å². The van der Waals surface area contributed by atoms with Crippen LogP contribution in [0.5, 0.6) is 0 Å². The Hall–Kier alpha value is -1.49. The minimum absolute atomic E-state index is 0.0537. The number of carbonyl (C=O) groups excluding carboxylic acids is 1. The molecule has 0 aromatic heterocycles. The van der Waals surface area contributed by atoms with E-state index in [0.717, 1.165) is 31.0 Å². The van der Waals surface area contributed by atoms with Gasteiger partial charge >= 0.3 is 0 Å². The average Bonchev–Trinajstić information content (AvgIpc) is 2.43. The maximum absolute atomic E-state index is 13.5. The summed E-state index contributed by atoms with van der Waals surface area (Å²) in [4.78, 5) is 13.7. The monoisotopic (exact) mass is 269 g/mol. The topological polar surface area (TPSA) is 40.5 Å². The van der Waals surface area contributed by atoms with Gasteiger partial charge in [0.15, 0.2) is 0 Å². The molecule has 0 saturated carbocycles. The SMILES string of the molecule is O=C(Cc1cc(F)ccc1F)N1CCCC(CO)C1. The average molecular weight is 269 g/mol. The van der Waals surface area contributed by atoms with Gasteiger partial charge in [-0.15, -0.1) is 0 Å². The van der Waals surface area contributed by atoms with Gasteiger partial charge in [-0.25, -0.2) is 8.78 Å². The summed E-state index contributed by atoms with van der Waals surface area (Å²) in [7, 11) is 0. The van der Waals surface area contributed by atoms with Crippen molar-refractivity contribution in [2.75, 3.05) is 19.7 Å². The first-order chi connectivity index (χ1) is 9.10. The summed E-state index contributed by atoms with van der Waals surface area (Å²) in [6.07, 6.45) is 1.60. The minimum Gasteiger partial charge on any atom is -0.396 e. The van der Waals surface area contributed by atoms with Crippen molar-refractivity contribution in [1.29, 1.82) is 0 Å². The number of hydrogen-bond acceptors (Lipinski definition) is 2. The Bertz CT molecular complexity index is 465. The smallest absolute Gasteiger partial charge is 0.227 e. The lowest BCUT2D eigenvalue weighted by Gasteiger charge is -2.32. The van der Waals surface area contributed by atoms with Gasteiger partial charge in [-0.1, -0.05) is 0 Å². The first-order valence-corrected chi connectivity index (χ1v) is 6.42. The van der Waals surface area contributed by atoms with E-state index < -0.39 is 11.6 Å². The van der Waals surface area contributed by atoms with Gasteiger partial charge in [0.2, 0.25) is 5.91 Å². The molecule has 1 unspecified atom stereocenters. The van der Waals surface area contributed by atoms with E-state index in [2.05, 4.69) is 0 Å².